The number of rotatable bonds is 6. The molecule has 0 amide bonds. The highest BCUT2D eigenvalue weighted by molar-refractivity contribution is 7.89. The predicted octanol–water partition coefficient (Wildman–Crippen LogP) is 2.74. The number of sulfonamides is 1. The van der Waals surface area contributed by atoms with Gasteiger partial charge in [-0.05, 0) is 30.7 Å². The van der Waals surface area contributed by atoms with E-state index in [4.69, 9.17) is 0 Å². The Morgan fingerprint density at radius 3 is 2.70 bits per heavy atom. The van der Waals surface area contributed by atoms with Gasteiger partial charge >= 0.3 is 0 Å². The van der Waals surface area contributed by atoms with E-state index in [1.807, 2.05) is 23.6 Å². The molecule has 0 aliphatic carbocycles. The van der Waals surface area contributed by atoms with Crippen molar-refractivity contribution >= 4 is 44.3 Å². The first-order valence-electron chi connectivity index (χ1n) is 9.87. The zero-order valence-corrected chi connectivity index (χ0v) is 18.4. The van der Waals surface area contributed by atoms with Crippen molar-refractivity contribution < 1.29 is 13.7 Å². The standard InChI is InChI=1S/C22H24N4O2S2/c1-17-4-2-5-18(14-17)8-9-20-16-24-22(29-20)25-19-6-3-7-21(15-19)30(27,28)26-12-10-23-11-13-26/h2-9,14-16,23H,10-13H2,1H3,(H,24,25)/p+1/b9-8+. The van der Waals surface area contributed by atoms with Gasteiger partial charge in [-0.1, -0.05) is 53.3 Å². The first kappa shape index (κ1) is 20.9. The maximum atomic E-state index is 12.9. The molecule has 3 aromatic rings. The molecule has 3 N–H and O–H groups in total. The van der Waals surface area contributed by atoms with Crippen LogP contribution in [0.1, 0.15) is 16.0 Å². The van der Waals surface area contributed by atoms with Crippen LogP contribution in [0.15, 0.2) is 59.6 Å². The highest BCUT2D eigenvalue weighted by Gasteiger charge is 2.26. The number of nitrogens with two attached hydrogens (primary N) is 1. The molecule has 2 heterocycles. The van der Waals surface area contributed by atoms with Crippen LogP contribution in [0, 0.1) is 6.92 Å². The maximum Gasteiger partial charge on any atom is 0.288 e. The van der Waals surface area contributed by atoms with E-state index < -0.39 is 10.0 Å². The van der Waals surface area contributed by atoms with E-state index >= 15 is 0 Å². The number of nitrogens with one attached hydrogen (secondary N) is 1. The van der Waals surface area contributed by atoms with Gasteiger partial charge in [0.05, 0.1) is 16.0 Å². The molecule has 0 atom stereocenters. The molecular formula is C22H25N4O2S2+. The zero-order valence-electron chi connectivity index (χ0n) is 16.8. The Balaban J connectivity index is 1.47. The summed E-state index contributed by atoms with van der Waals surface area (Å²) in [6, 6.07) is 15.4. The first-order chi connectivity index (χ1) is 14.5. The first-order valence-corrected chi connectivity index (χ1v) is 12.1. The quantitative estimate of drug-likeness (QED) is 0.577. The highest BCUT2D eigenvalue weighted by atomic mass is 32.2. The van der Waals surface area contributed by atoms with Crippen LogP contribution < -0.4 is 10.6 Å². The van der Waals surface area contributed by atoms with Gasteiger partial charge in [-0.25, -0.2) is 8.42 Å². The molecule has 8 heteroatoms. The fourth-order valence-corrected chi connectivity index (χ4v) is 5.62. The summed E-state index contributed by atoms with van der Waals surface area (Å²) in [7, 11) is -3.47. The van der Waals surface area contributed by atoms with Gasteiger partial charge in [-0.15, -0.1) is 0 Å². The lowest BCUT2D eigenvalue weighted by molar-refractivity contribution is -0.478. The molecule has 0 saturated carbocycles. The van der Waals surface area contributed by atoms with Crippen molar-refractivity contribution in [3.63, 3.8) is 0 Å². The van der Waals surface area contributed by atoms with E-state index in [2.05, 4.69) is 47.6 Å². The molecule has 1 fully saturated rings. The molecule has 156 valence electrons. The lowest BCUT2D eigenvalue weighted by Crippen LogP contribution is -2.71. The Morgan fingerprint density at radius 2 is 1.90 bits per heavy atom. The van der Waals surface area contributed by atoms with Gasteiger partial charge in [-0.3, -0.25) is 5.32 Å². The van der Waals surface area contributed by atoms with Crippen molar-refractivity contribution in [2.75, 3.05) is 26.2 Å². The van der Waals surface area contributed by atoms with Gasteiger partial charge in [0.15, 0.2) is 0 Å². The normalized spacial score (nSPS) is 15.6. The maximum absolute atomic E-state index is 12.9. The molecular weight excluding hydrogens is 416 g/mol. The Labute approximate surface area is 181 Å². The summed E-state index contributed by atoms with van der Waals surface area (Å²) in [5.41, 5.74) is 3.21. The Hall–Kier alpha value is -2.36. The highest BCUT2D eigenvalue weighted by Crippen LogP contribution is 2.21. The SMILES string of the molecule is Cc1cccc(/C=C/c2cnc([NH2+]c3cccc(S(=O)(=O)N4CCNCC4)c3)s2)c1. The summed E-state index contributed by atoms with van der Waals surface area (Å²) >= 11 is 1.57. The van der Waals surface area contributed by atoms with Crippen LogP contribution in [0.5, 0.6) is 0 Å². The van der Waals surface area contributed by atoms with Gasteiger partial charge in [-0.2, -0.15) is 9.29 Å². The molecule has 1 aromatic heterocycles. The van der Waals surface area contributed by atoms with Crippen LogP contribution in [0.25, 0.3) is 12.2 Å². The van der Waals surface area contributed by atoms with Crippen LogP contribution in [-0.2, 0) is 10.0 Å². The topological polar surface area (TPSA) is 78.9 Å². The molecule has 0 unspecified atom stereocenters. The third-order valence-electron chi connectivity index (χ3n) is 4.89. The lowest BCUT2D eigenvalue weighted by Gasteiger charge is -2.26. The molecule has 4 rings (SSSR count). The van der Waals surface area contributed by atoms with Crippen LogP contribution in [0.4, 0.5) is 10.8 Å². The Bertz CT molecular complexity index is 1150. The summed E-state index contributed by atoms with van der Waals surface area (Å²) < 4.78 is 27.3. The minimum atomic E-state index is -3.47. The molecule has 0 bridgehead atoms. The summed E-state index contributed by atoms with van der Waals surface area (Å²) in [4.78, 5) is 5.84. The molecule has 2 aromatic carbocycles. The van der Waals surface area contributed by atoms with Crippen LogP contribution >= 0.6 is 11.3 Å². The predicted molar refractivity (Wildman–Crippen MR) is 122 cm³/mol. The smallest absolute Gasteiger partial charge is 0.288 e. The molecule has 30 heavy (non-hydrogen) atoms. The van der Waals surface area contributed by atoms with E-state index in [0.717, 1.165) is 21.3 Å². The van der Waals surface area contributed by atoms with Gasteiger partial charge in [0.1, 0.15) is 5.69 Å². The number of quaternary nitrogens is 1. The molecule has 6 nitrogen and oxygen atoms in total. The summed E-state index contributed by atoms with van der Waals surface area (Å²) in [6.07, 6.45) is 5.96. The number of nitrogens with zero attached hydrogens (tertiary/aromatic N) is 2. The fourth-order valence-electron chi connectivity index (χ4n) is 3.34. The number of thiazole rings is 1. The van der Waals surface area contributed by atoms with Gasteiger partial charge in [0.2, 0.25) is 10.0 Å². The summed E-state index contributed by atoms with van der Waals surface area (Å²) in [5.74, 6) is 0. The van der Waals surface area contributed by atoms with Crippen LogP contribution in [-0.4, -0.2) is 43.9 Å². The van der Waals surface area contributed by atoms with E-state index in [9.17, 15) is 8.42 Å². The van der Waals surface area contributed by atoms with Crippen molar-refractivity contribution in [1.82, 2.24) is 14.6 Å². The lowest BCUT2D eigenvalue weighted by atomic mass is 10.1. The third kappa shape index (κ3) is 5.03. The van der Waals surface area contributed by atoms with E-state index in [-0.39, 0.29) is 0 Å². The van der Waals surface area contributed by atoms with Gasteiger partial charge < -0.3 is 5.32 Å². The van der Waals surface area contributed by atoms with Crippen molar-refractivity contribution in [1.29, 1.82) is 0 Å². The number of hydrogen-bond acceptors (Lipinski definition) is 5. The van der Waals surface area contributed by atoms with E-state index in [0.29, 0.717) is 31.1 Å². The fraction of sp³-hybridized carbons (Fsp3) is 0.227. The van der Waals surface area contributed by atoms with Crippen molar-refractivity contribution in [3.05, 3.63) is 70.7 Å². The van der Waals surface area contributed by atoms with E-state index in [1.54, 1.807) is 33.8 Å². The molecule has 1 saturated heterocycles. The number of hydrogen-bond donors (Lipinski definition) is 2. The zero-order chi connectivity index (χ0) is 21.0. The molecule has 0 spiro atoms. The number of aryl methyl sites for hydroxylation is 1. The van der Waals surface area contributed by atoms with Crippen molar-refractivity contribution in [2.24, 2.45) is 0 Å². The second kappa shape index (κ2) is 9.20. The van der Waals surface area contributed by atoms with Crippen LogP contribution in [0.2, 0.25) is 0 Å². The molecule has 1 aliphatic rings. The molecule has 0 radical (unpaired) electrons. The second-order valence-electron chi connectivity index (χ2n) is 7.22. The summed E-state index contributed by atoms with van der Waals surface area (Å²) in [5, 5.41) is 5.95. The Kier molecular flexibility index (Phi) is 6.40. The number of benzene rings is 2. The molecule has 1 aliphatic heterocycles. The number of aromatic nitrogens is 1. The van der Waals surface area contributed by atoms with Gasteiger partial charge in [0.25, 0.3) is 5.13 Å². The minimum Gasteiger partial charge on any atom is -0.314 e. The Morgan fingerprint density at radius 1 is 1.10 bits per heavy atom. The minimum absolute atomic E-state index is 0.328. The third-order valence-corrected chi connectivity index (χ3v) is 7.69. The average molecular weight is 442 g/mol. The van der Waals surface area contributed by atoms with Crippen LogP contribution in [0.3, 0.4) is 0 Å². The summed E-state index contributed by atoms with van der Waals surface area (Å²) in [6.45, 7) is 4.44. The second-order valence-corrected chi connectivity index (χ2v) is 10.3. The van der Waals surface area contributed by atoms with Crippen molar-refractivity contribution in [2.45, 2.75) is 11.8 Å². The monoisotopic (exact) mass is 441 g/mol. The van der Waals surface area contributed by atoms with Gasteiger partial charge in [0, 0.05) is 32.2 Å². The average Bonchev–Trinajstić information content (AvgIpc) is 3.20. The van der Waals surface area contributed by atoms with E-state index in [1.165, 1.54) is 5.56 Å². The largest absolute Gasteiger partial charge is 0.314 e. The van der Waals surface area contributed by atoms with Crippen molar-refractivity contribution in [3.8, 4) is 0 Å². The number of piperazine rings is 1.